The van der Waals surface area contributed by atoms with Crippen molar-refractivity contribution in [1.82, 2.24) is 26.2 Å². The minimum Gasteiger partial charge on any atom is -0.466 e. The summed E-state index contributed by atoms with van der Waals surface area (Å²) >= 11 is 0. The molecule has 0 unspecified atom stereocenters. The third-order valence-corrected chi connectivity index (χ3v) is 13.3. The Morgan fingerprint density at radius 3 is 1.64 bits per heavy atom. The minimum atomic E-state index is -2.07. The van der Waals surface area contributed by atoms with E-state index in [9.17, 15) is 74.7 Å². The van der Waals surface area contributed by atoms with Crippen LogP contribution in [0.4, 0.5) is 36.2 Å². The van der Waals surface area contributed by atoms with Crippen molar-refractivity contribution in [3.8, 4) is 0 Å². The number of carbonyl (C=O) groups is 5. The summed E-state index contributed by atoms with van der Waals surface area (Å²) in [5.74, 6) is -0.971. The smallest absolute Gasteiger partial charge is 0.410 e. The summed E-state index contributed by atoms with van der Waals surface area (Å²) in [6.07, 6.45) is -16.4. The van der Waals surface area contributed by atoms with Gasteiger partial charge >= 0.3 is 24.4 Å². The number of nitrogens with zero attached hydrogens (tertiary/aromatic N) is 4. The first kappa shape index (κ1) is 64.8. The number of amides is 5. The van der Waals surface area contributed by atoms with Gasteiger partial charge in [-0.05, 0) is 106 Å². The highest BCUT2D eigenvalue weighted by molar-refractivity contribution is 5.81. The fourth-order valence-electron chi connectivity index (χ4n) is 9.09. The molecule has 3 aromatic rings. The van der Waals surface area contributed by atoms with Crippen LogP contribution in [-0.2, 0) is 62.5 Å². The van der Waals surface area contributed by atoms with Crippen molar-refractivity contribution in [3.63, 3.8) is 0 Å². The van der Waals surface area contributed by atoms with E-state index in [2.05, 4.69) is 21.3 Å². The van der Waals surface area contributed by atoms with E-state index in [1.165, 1.54) is 92.8 Å². The molecule has 2 heterocycles. The first-order chi connectivity index (χ1) is 39.6. The number of likely N-dealkylation sites (N-methyl/N-ethyl adjacent to an activating group) is 1. The molecule has 0 bridgehead atoms. The first-order valence-electron chi connectivity index (χ1n) is 26.1. The van der Waals surface area contributed by atoms with Crippen LogP contribution in [0, 0.1) is 30.3 Å². The Labute approximate surface area is 478 Å². The summed E-state index contributed by atoms with van der Waals surface area (Å²) in [5.41, 5.74) is 3.48. The molecule has 12 atom stereocenters. The Morgan fingerprint density at radius 2 is 1.18 bits per heavy atom. The lowest BCUT2D eigenvalue weighted by molar-refractivity contribution is -0.385. The summed E-state index contributed by atoms with van der Waals surface area (Å²) in [5, 5.41) is 90.9. The first-order valence-corrected chi connectivity index (χ1v) is 26.1. The van der Waals surface area contributed by atoms with Crippen LogP contribution in [0.2, 0.25) is 0 Å². The van der Waals surface area contributed by atoms with Crippen LogP contribution >= 0.6 is 0 Å². The molecule has 5 amide bonds. The summed E-state index contributed by atoms with van der Waals surface area (Å²) in [6.45, 7) is 3.85. The fraction of sp³-hybridized carbons (Fsp3) is 0.519. The van der Waals surface area contributed by atoms with Crippen LogP contribution in [0.5, 0.6) is 0 Å². The molecule has 84 heavy (non-hydrogen) atoms. The molecular formula is C52H67N9O23. The molecule has 32 nitrogen and oxygen atoms in total. The van der Waals surface area contributed by atoms with Crippen LogP contribution < -0.4 is 27.0 Å². The average Bonchev–Trinajstić information content (AvgIpc) is 2.16. The number of hydrogen-bond acceptors (Lipinski definition) is 24. The molecule has 0 aromatic heterocycles. The van der Waals surface area contributed by atoms with Gasteiger partial charge in [0.1, 0.15) is 67.3 Å². The number of aliphatic hydroxyl groups is 4. The topological polar surface area (TPSA) is 447 Å². The maximum absolute atomic E-state index is 14.0. The lowest BCUT2D eigenvalue weighted by Gasteiger charge is -2.50. The van der Waals surface area contributed by atoms with E-state index in [4.69, 9.17) is 43.6 Å². The Balaban J connectivity index is 1.28. The van der Waals surface area contributed by atoms with E-state index in [1.807, 2.05) is 0 Å². The fourth-order valence-corrected chi connectivity index (χ4v) is 9.09. The van der Waals surface area contributed by atoms with E-state index in [-0.39, 0.29) is 55.5 Å². The Kier molecular flexibility index (Phi) is 22.2. The lowest BCUT2D eigenvalue weighted by atomic mass is 9.82. The molecule has 0 spiro atoms. The van der Waals surface area contributed by atoms with Gasteiger partial charge in [0, 0.05) is 50.0 Å². The SMILES string of the molecule is CN(C(=O)OC(C)(C)C)[C@@H]1[C@@H](O)[C@@H](O[C@@H]2[C@@H](O)[C@H](O[C@H]3OC(CN)=CC[C@H]3NC(=O)OCc3ccc([N+](=O)[O-])cc3)[C@@H](NC(=O)OCc3ccc([N+](=O)[O-])cc3)C[C@H]2NC(=O)[C@H](O)CCNC(=O)OCc2ccc([N+](=O)[O-])cc2)OC[C@]1(C)O. The van der Waals surface area contributed by atoms with E-state index in [0.717, 1.165) is 4.90 Å². The minimum absolute atomic E-state index is 0.0283. The number of ether oxygens (including phenoxy) is 8. The van der Waals surface area contributed by atoms with Gasteiger partial charge in [-0.25, -0.2) is 19.2 Å². The average molecular weight is 1190 g/mol. The zero-order valence-electron chi connectivity index (χ0n) is 46.1. The monoisotopic (exact) mass is 1190 g/mol. The standard InChI is InChI=1S/C52H67N9O23/c1-51(2,3)84-50(69)58(5)43-40(64)46(80-27-52(43,4)70)83-41-36(55-44(65)38(62)20-21-54-47(66)77-24-28-6-12-31(13-7-28)59(71)72)22-37(57-49(68)79-26-30-10-16-33(17-11-30)61(75)76)42(39(41)63)82-45-35(19-18-34(23-53)81-45)56-48(67)78-25-29-8-14-32(15-9-29)60(73)74/h6-18,35-43,45-46,62-64,70H,19-27,53H2,1-5H3,(H,54,66)(H,55,65)(H,56,67)(H,57,68)/t35-,36-,37+,38-,39-,40-,41+,42-,43-,45-,46-,52+/m1/s1. The van der Waals surface area contributed by atoms with Crippen molar-refractivity contribution in [2.24, 2.45) is 5.73 Å². The van der Waals surface area contributed by atoms with E-state index in [1.54, 1.807) is 20.8 Å². The number of aliphatic hydroxyl groups excluding tert-OH is 3. The molecule has 3 aliphatic rings. The van der Waals surface area contributed by atoms with Gasteiger partial charge in [-0.2, -0.15) is 0 Å². The van der Waals surface area contributed by atoms with Crippen LogP contribution in [0.3, 0.4) is 0 Å². The van der Waals surface area contributed by atoms with Gasteiger partial charge in [0.2, 0.25) is 12.2 Å². The van der Waals surface area contributed by atoms with Crippen LogP contribution in [0.15, 0.2) is 84.6 Å². The molecular weight excluding hydrogens is 1120 g/mol. The molecule has 3 aromatic carbocycles. The zero-order valence-corrected chi connectivity index (χ0v) is 46.1. The second-order valence-electron chi connectivity index (χ2n) is 20.9. The predicted octanol–water partition coefficient (Wildman–Crippen LogP) is 2.29. The van der Waals surface area contributed by atoms with Gasteiger partial charge in [0.25, 0.3) is 17.1 Å². The van der Waals surface area contributed by atoms with Crippen molar-refractivity contribution in [3.05, 3.63) is 132 Å². The number of nitro groups is 3. The maximum Gasteiger partial charge on any atom is 0.410 e. The molecule has 10 N–H and O–H groups in total. The van der Waals surface area contributed by atoms with Crippen molar-refractivity contribution >= 4 is 47.3 Å². The number of alkyl carbamates (subject to hydrolysis) is 3. The van der Waals surface area contributed by atoms with Crippen LogP contribution in [0.1, 0.15) is 63.6 Å². The largest absolute Gasteiger partial charge is 0.466 e. The second-order valence-corrected chi connectivity index (χ2v) is 20.9. The molecule has 2 aliphatic heterocycles. The second kappa shape index (κ2) is 28.7. The number of carbonyl (C=O) groups excluding carboxylic acids is 5. The summed E-state index contributed by atoms with van der Waals surface area (Å²) in [7, 11) is 1.25. The van der Waals surface area contributed by atoms with Gasteiger partial charge in [0.05, 0.1) is 52.1 Å². The molecule has 6 rings (SSSR count). The van der Waals surface area contributed by atoms with Crippen molar-refractivity contribution in [2.75, 3.05) is 26.7 Å². The molecule has 0 radical (unpaired) electrons. The third-order valence-electron chi connectivity index (χ3n) is 13.3. The van der Waals surface area contributed by atoms with Gasteiger partial charge in [-0.1, -0.05) is 0 Å². The lowest BCUT2D eigenvalue weighted by Crippen LogP contribution is -2.70. The van der Waals surface area contributed by atoms with Gasteiger partial charge in [-0.15, -0.1) is 0 Å². The van der Waals surface area contributed by atoms with E-state index in [0.29, 0.717) is 16.7 Å². The number of hydrogen-bond donors (Lipinski definition) is 9. The summed E-state index contributed by atoms with van der Waals surface area (Å²) in [6, 6.07) is 9.78. The number of nitrogens with one attached hydrogen (secondary N) is 4. The number of nitrogens with two attached hydrogens (primary N) is 1. The molecule has 32 heteroatoms. The van der Waals surface area contributed by atoms with E-state index < -0.39 is 150 Å². The highest BCUT2D eigenvalue weighted by atomic mass is 16.7. The predicted molar refractivity (Wildman–Crippen MR) is 285 cm³/mol. The van der Waals surface area contributed by atoms with Gasteiger partial charge < -0.3 is 90.2 Å². The number of benzene rings is 3. The number of nitro benzene ring substituents is 3. The summed E-state index contributed by atoms with van der Waals surface area (Å²) in [4.78, 5) is 99.6. The van der Waals surface area contributed by atoms with Gasteiger partial charge in [-0.3, -0.25) is 35.1 Å². The van der Waals surface area contributed by atoms with Crippen molar-refractivity contribution in [2.45, 2.75) is 145 Å². The van der Waals surface area contributed by atoms with Gasteiger partial charge in [0.15, 0.2) is 6.29 Å². The highest BCUT2D eigenvalue weighted by Crippen LogP contribution is 2.35. The Hall–Kier alpha value is -8.37. The van der Waals surface area contributed by atoms with Crippen LogP contribution in [0.25, 0.3) is 0 Å². The molecule has 1 saturated heterocycles. The normalized spacial score (nSPS) is 25.2. The molecule has 458 valence electrons. The number of rotatable bonds is 22. The maximum atomic E-state index is 14.0. The zero-order chi connectivity index (χ0) is 61.6. The quantitative estimate of drug-likeness (QED) is 0.0396. The molecule has 1 aliphatic carbocycles. The van der Waals surface area contributed by atoms with Crippen molar-refractivity contribution in [1.29, 1.82) is 0 Å². The molecule has 1 saturated carbocycles. The Morgan fingerprint density at radius 1 is 0.726 bits per heavy atom. The van der Waals surface area contributed by atoms with Crippen LogP contribution in [-0.4, -0.2) is 176 Å². The third kappa shape index (κ3) is 18.1. The number of non-ortho nitro benzene ring substituents is 3. The summed E-state index contributed by atoms with van der Waals surface area (Å²) < 4.78 is 46.2. The Bertz CT molecular complexity index is 2840. The van der Waals surface area contributed by atoms with E-state index >= 15 is 0 Å². The highest BCUT2D eigenvalue weighted by Gasteiger charge is 2.55. The van der Waals surface area contributed by atoms with Crippen molar-refractivity contribution < 1.29 is 97.1 Å². The molecule has 2 fully saturated rings.